The average Bonchev–Trinajstić information content (AvgIpc) is 2.82. The quantitative estimate of drug-likeness (QED) is 0.490. The third kappa shape index (κ3) is 4.24. The van der Waals surface area contributed by atoms with Crippen molar-refractivity contribution in [2.45, 2.75) is 19.4 Å². The molecule has 0 saturated carbocycles. The van der Waals surface area contributed by atoms with Gasteiger partial charge in [-0.15, -0.1) is 0 Å². The lowest BCUT2D eigenvalue weighted by atomic mass is 9.73. The van der Waals surface area contributed by atoms with Gasteiger partial charge in [0, 0.05) is 28.7 Å². The molecule has 2 aliphatic carbocycles. The highest BCUT2D eigenvalue weighted by molar-refractivity contribution is 7.89. The van der Waals surface area contributed by atoms with E-state index in [1.807, 2.05) is 12.1 Å². The molecule has 0 radical (unpaired) electrons. The molecule has 4 rings (SSSR count). The second kappa shape index (κ2) is 9.29. The molecule has 184 valence electrons. The van der Waals surface area contributed by atoms with Gasteiger partial charge in [0.15, 0.2) is 23.1 Å². The van der Waals surface area contributed by atoms with E-state index in [0.717, 1.165) is 5.56 Å². The molecule has 0 heterocycles. The number of carbonyl (C=O) groups excluding carboxylic acids is 2. The number of hydrogen-bond donors (Lipinski definition) is 3. The van der Waals surface area contributed by atoms with Crippen molar-refractivity contribution in [2.24, 2.45) is 11.7 Å². The van der Waals surface area contributed by atoms with Crippen LogP contribution in [0.4, 0.5) is 0 Å². The van der Waals surface area contributed by atoms with Gasteiger partial charge >= 0.3 is 0 Å². The molecule has 0 aromatic heterocycles. The van der Waals surface area contributed by atoms with Gasteiger partial charge in [-0.2, -0.15) is 8.42 Å². The largest absolute Gasteiger partial charge is 0.493 e. The predicted molar refractivity (Wildman–Crippen MR) is 129 cm³/mol. The van der Waals surface area contributed by atoms with E-state index in [0.29, 0.717) is 24.5 Å². The Balaban J connectivity index is 1.71. The lowest BCUT2D eigenvalue weighted by Gasteiger charge is -2.36. The maximum absolute atomic E-state index is 13.5. The van der Waals surface area contributed by atoms with Gasteiger partial charge in [-0.25, -0.2) is 0 Å². The van der Waals surface area contributed by atoms with Crippen molar-refractivity contribution in [3.8, 4) is 11.5 Å². The van der Waals surface area contributed by atoms with E-state index >= 15 is 0 Å². The average molecular weight is 499 g/mol. The number of nitrogens with two attached hydrogens (primary N) is 1. The fourth-order valence-electron chi connectivity index (χ4n) is 4.79. The molecule has 9 nitrogen and oxygen atoms in total. The van der Waals surface area contributed by atoms with Crippen LogP contribution >= 0.6 is 0 Å². The van der Waals surface area contributed by atoms with E-state index in [4.69, 9.17) is 15.2 Å². The molecule has 35 heavy (non-hydrogen) atoms. The minimum Gasteiger partial charge on any atom is -0.493 e. The molecular weight excluding hydrogens is 472 g/mol. The summed E-state index contributed by atoms with van der Waals surface area (Å²) in [6.07, 6.45) is 0.505. The second-order valence-electron chi connectivity index (χ2n) is 8.41. The van der Waals surface area contributed by atoms with Gasteiger partial charge in [-0.05, 0) is 30.7 Å². The first kappa shape index (κ1) is 24.6. The first-order chi connectivity index (χ1) is 16.6. The maximum Gasteiger partial charge on any atom is 0.293 e. The number of ketones is 2. The zero-order valence-corrected chi connectivity index (χ0v) is 20.3. The molecule has 4 N–H and O–H groups in total. The number of rotatable bonds is 7. The monoisotopic (exact) mass is 498 g/mol. The number of fused-ring (bicyclic) bond motifs is 1. The molecule has 2 aliphatic rings. The van der Waals surface area contributed by atoms with Crippen LogP contribution < -0.4 is 20.5 Å². The third-order valence-corrected chi connectivity index (χ3v) is 7.57. The lowest BCUT2D eigenvalue weighted by molar-refractivity contribution is 0.0964. The van der Waals surface area contributed by atoms with Crippen LogP contribution in [0.5, 0.6) is 11.5 Å². The highest BCUT2D eigenvalue weighted by Crippen LogP contribution is 2.41. The number of methoxy groups -OCH3 is 2. The Kier molecular flexibility index (Phi) is 6.54. The van der Waals surface area contributed by atoms with Crippen molar-refractivity contribution < 1.29 is 32.0 Å². The van der Waals surface area contributed by atoms with E-state index in [1.165, 1.54) is 13.2 Å². The molecule has 0 aliphatic heterocycles. The summed E-state index contributed by atoms with van der Waals surface area (Å²) in [6, 6.07) is 10.9. The summed E-state index contributed by atoms with van der Waals surface area (Å²) in [5.74, 6) is -0.690. The van der Waals surface area contributed by atoms with Crippen LogP contribution in [0.2, 0.25) is 0 Å². The van der Waals surface area contributed by atoms with Gasteiger partial charge < -0.3 is 20.5 Å². The van der Waals surface area contributed by atoms with Crippen LogP contribution in [0.15, 0.2) is 64.2 Å². The molecule has 2 atom stereocenters. The van der Waals surface area contributed by atoms with Gasteiger partial charge in [0.05, 0.1) is 30.4 Å². The maximum atomic E-state index is 13.5. The number of benzene rings is 2. The molecule has 2 aromatic carbocycles. The van der Waals surface area contributed by atoms with E-state index in [9.17, 15) is 22.6 Å². The summed E-state index contributed by atoms with van der Waals surface area (Å²) >= 11 is 0. The van der Waals surface area contributed by atoms with Crippen molar-refractivity contribution in [3.63, 3.8) is 0 Å². The van der Waals surface area contributed by atoms with E-state index in [-0.39, 0.29) is 28.0 Å². The summed E-state index contributed by atoms with van der Waals surface area (Å²) in [7, 11) is -1.65. The van der Waals surface area contributed by atoms with Crippen molar-refractivity contribution >= 4 is 21.7 Å². The Morgan fingerprint density at radius 2 is 1.63 bits per heavy atom. The van der Waals surface area contributed by atoms with Crippen LogP contribution in [0.25, 0.3) is 0 Å². The van der Waals surface area contributed by atoms with Gasteiger partial charge in [0.25, 0.3) is 10.1 Å². The highest BCUT2D eigenvalue weighted by atomic mass is 32.2. The number of Topliss-reactive ketones (excluding diaryl/α,β-unsaturated/α-hetero) is 2. The molecule has 0 spiro atoms. The molecule has 2 aromatic rings. The summed E-state index contributed by atoms with van der Waals surface area (Å²) in [5.41, 5.74) is 6.95. The van der Waals surface area contributed by atoms with E-state index < -0.39 is 38.5 Å². The van der Waals surface area contributed by atoms with Crippen LogP contribution in [0.1, 0.15) is 33.2 Å². The Morgan fingerprint density at radius 1 is 1.00 bits per heavy atom. The Labute approximate surface area is 203 Å². The summed E-state index contributed by atoms with van der Waals surface area (Å²) < 4.78 is 45.0. The van der Waals surface area contributed by atoms with Crippen molar-refractivity contribution in [3.05, 3.63) is 80.9 Å². The number of ether oxygens (including phenoxy) is 2. The Bertz CT molecular complexity index is 1390. The van der Waals surface area contributed by atoms with Crippen molar-refractivity contribution in [2.75, 3.05) is 20.8 Å². The molecule has 2 unspecified atom stereocenters. The third-order valence-electron chi connectivity index (χ3n) is 6.42. The van der Waals surface area contributed by atoms with Gasteiger partial charge in [-0.1, -0.05) is 37.3 Å². The van der Waals surface area contributed by atoms with Crippen molar-refractivity contribution in [1.29, 1.82) is 0 Å². The number of carbonyl (C=O) groups is 2. The van der Waals surface area contributed by atoms with Crippen molar-refractivity contribution in [1.82, 2.24) is 5.32 Å². The summed E-state index contributed by atoms with van der Waals surface area (Å²) in [5, 5.41) is 3.22. The molecule has 10 heteroatoms. The SMILES string of the molecule is COc1ccc(CCNC2C3=C(C(=O)c4ccccc4C3=O)C(N)=C(S(=O)(=O)O)C2C)cc1OC. The number of nitrogens with one attached hydrogen (secondary N) is 1. The molecular formula is C25H26N2O7S. The topological polar surface area (TPSA) is 145 Å². The second-order valence-corrected chi connectivity index (χ2v) is 9.80. The zero-order valence-electron chi connectivity index (χ0n) is 19.5. The summed E-state index contributed by atoms with van der Waals surface area (Å²) in [6.45, 7) is 1.88. The van der Waals surface area contributed by atoms with E-state index in [1.54, 1.807) is 38.3 Å². The van der Waals surface area contributed by atoms with E-state index in [2.05, 4.69) is 5.32 Å². The lowest BCUT2D eigenvalue weighted by Crippen LogP contribution is -2.48. The van der Waals surface area contributed by atoms with Crippen LogP contribution in [-0.2, 0) is 16.5 Å². The fourth-order valence-corrected chi connectivity index (χ4v) is 5.78. The van der Waals surface area contributed by atoms with Crippen LogP contribution in [0, 0.1) is 5.92 Å². The Morgan fingerprint density at radius 3 is 2.23 bits per heavy atom. The Hall–Kier alpha value is -3.47. The zero-order chi connectivity index (χ0) is 25.5. The molecule has 0 amide bonds. The number of hydrogen-bond acceptors (Lipinski definition) is 8. The highest BCUT2D eigenvalue weighted by Gasteiger charge is 2.46. The van der Waals surface area contributed by atoms with Gasteiger partial charge in [-0.3, -0.25) is 14.1 Å². The fraction of sp³-hybridized carbons (Fsp3) is 0.280. The van der Waals surface area contributed by atoms with Crippen LogP contribution in [-0.4, -0.2) is 51.3 Å². The normalized spacial score (nSPS) is 20.0. The van der Waals surface area contributed by atoms with Gasteiger partial charge in [0.2, 0.25) is 0 Å². The smallest absolute Gasteiger partial charge is 0.293 e. The summed E-state index contributed by atoms with van der Waals surface area (Å²) in [4.78, 5) is 26.3. The predicted octanol–water partition coefficient (Wildman–Crippen LogP) is 2.29. The number of allylic oxidation sites excluding steroid dienone is 1. The minimum atomic E-state index is -4.73. The molecule has 0 bridgehead atoms. The first-order valence-corrected chi connectivity index (χ1v) is 12.4. The standard InChI is InChI=1S/C25H26N2O7S/c1-13-22(27-11-10-14-8-9-17(33-2)18(12-14)34-3)20-19(21(26)25(13)35(30,31)32)23(28)15-6-4-5-7-16(15)24(20)29/h4-9,12-13,22,27H,10-11,26H2,1-3H3,(H,30,31,32). The minimum absolute atomic E-state index is 0.110. The molecule has 0 saturated heterocycles. The molecule has 0 fully saturated rings. The van der Waals surface area contributed by atoms with Crippen LogP contribution in [0.3, 0.4) is 0 Å². The van der Waals surface area contributed by atoms with Gasteiger partial charge in [0.1, 0.15) is 0 Å². The first-order valence-electron chi connectivity index (χ1n) is 10.9.